The Morgan fingerprint density at radius 2 is 0.794 bits per heavy atom. The van der Waals surface area contributed by atoms with E-state index in [9.17, 15) is 6.85 Å². The van der Waals surface area contributed by atoms with Crippen molar-refractivity contribution in [3.8, 4) is 51.2 Å². The molecule has 294 valence electrons. The molecule has 13 aromatic rings. The Bertz CT molecular complexity index is 4730. The van der Waals surface area contributed by atoms with Gasteiger partial charge in [0.2, 0.25) is 0 Å². The maximum absolute atomic E-state index is 10.0. The van der Waals surface area contributed by atoms with Crippen LogP contribution in [0.15, 0.2) is 218 Å². The number of hydrogen-bond acceptors (Lipinski definition) is 3. The molecule has 0 aliphatic carbocycles. The summed E-state index contributed by atoms with van der Waals surface area (Å²) in [6, 6.07) is 30.6. The van der Waals surface area contributed by atoms with Gasteiger partial charge in [0.25, 0.3) is 0 Å². The van der Waals surface area contributed by atoms with E-state index in [1.54, 1.807) is 24.3 Å². The van der Waals surface area contributed by atoms with Crippen molar-refractivity contribution in [2.24, 2.45) is 0 Å². The Kier molecular flexibility index (Phi) is 5.19. The van der Waals surface area contributed by atoms with Crippen LogP contribution in [-0.2, 0) is 0 Å². The van der Waals surface area contributed by atoms with Crippen LogP contribution in [0.4, 0.5) is 0 Å². The lowest BCUT2D eigenvalue weighted by Gasteiger charge is -2.12. The standard InChI is InChI=1S/C57H36N6/c1-3-16-37(17-4-1)55-58-56(60-57(59-55)39-30-32-53-47(35-39)45-24-9-13-28-51(45)61(53)40-19-5-2-6-20-40)38-18-15-21-41(34-38)62-52-29-14-10-25-46(52)48-36-42(31-33-54(48)62)63-49-26-11-7-22-43(49)44-23-8-12-27-50(44)63/h1-36H/i7D,8D,10D,11D,12D,14D,22D,23D,25D,26D,27D,29D,31D,33D,36D. The highest BCUT2D eigenvalue weighted by molar-refractivity contribution is 6.13. The largest absolute Gasteiger partial charge is 0.309 e. The summed E-state index contributed by atoms with van der Waals surface area (Å²) in [4.78, 5) is 15.1. The predicted molar refractivity (Wildman–Crippen MR) is 259 cm³/mol. The molecule has 0 saturated carbocycles. The van der Waals surface area contributed by atoms with Crippen molar-refractivity contribution in [2.45, 2.75) is 0 Å². The van der Waals surface area contributed by atoms with E-state index in [4.69, 9.17) is 28.7 Å². The minimum atomic E-state index is -0.725. The number of nitrogens with zero attached hydrogens (tertiary/aromatic N) is 6. The quantitative estimate of drug-likeness (QED) is 0.168. The second-order valence-electron chi connectivity index (χ2n) is 14.9. The lowest BCUT2D eigenvalue weighted by Crippen LogP contribution is -2.01. The molecule has 4 aromatic heterocycles. The molecule has 6 nitrogen and oxygen atoms in total. The summed E-state index contributed by atoms with van der Waals surface area (Å²) in [6.07, 6.45) is 0. The van der Waals surface area contributed by atoms with Gasteiger partial charge in [-0.3, -0.25) is 0 Å². The number of rotatable bonds is 6. The zero-order valence-electron chi connectivity index (χ0n) is 47.8. The topological polar surface area (TPSA) is 53.5 Å². The first kappa shape index (κ1) is 23.4. The summed E-state index contributed by atoms with van der Waals surface area (Å²) < 4.78 is 141. The summed E-state index contributed by atoms with van der Waals surface area (Å²) in [5.41, 5.74) is 3.45. The van der Waals surface area contributed by atoms with Crippen molar-refractivity contribution in [1.29, 1.82) is 0 Å². The highest BCUT2D eigenvalue weighted by atomic mass is 15.0. The van der Waals surface area contributed by atoms with Gasteiger partial charge in [-0.25, -0.2) is 15.0 Å². The Morgan fingerprint density at radius 3 is 1.49 bits per heavy atom. The number of aromatic nitrogens is 6. The van der Waals surface area contributed by atoms with E-state index in [2.05, 4.69) is 34.9 Å². The van der Waals surface area contributed by atoms with Gasteiger partial charge in [0.1, 0.15) is 0 Å². The third kappa shape index (κ3) is 5.55. The summed E-state index contributed by atoms with van der Waals surface area (Å²) >= 11 is 0. The minimum absolute atomic E-state index is 0.151. The Hall–Kier alpha value is -8.61. The summed E-state index contributed by atoms with van der Waals surface area (Å²) in [5, 5.41) is 0.954. The number of hydrogen-bond donors (Lipinski definition) is 0. The van der Waals surface area contributed by atoms with Gasteiger partial charge in [0, 0.05) is 66.1 Å². The minimum Gasteiger partial charge on any atom is -0.309 e. The molecule has 0 aliphatic rings. The molecule has 13 rings (SSSR count). The van der Waals surface area contributed by atoms with E-state index >= 15 is 0 Å². The van der Waals surface area contributed by atoms with E-state index in [0.717, 1.165) is 32.1 Å². The normalized spacial score (nSPS) is 15.1. The molecular formula is C57H36N6. The highest BCUT2D eigenvalue weighted by Gasteiger charge is 2.19. The molecule has 63 heavy (non-hydrogen) atoms. The van der Waals surface area contributed by atoms with Crippen LogP contribution in [0.25, 0.3) is 117 Å². The second-order valence-corrected chi connectivity index (χ2v) is 14.9. The van der Waals surface area contributed by atoms with Gasteiger partial charge in [-0.2, -0.15) is 0 Å². The number of para-hydroxylation sites is 5. The van der Waals surface area contributed by atoms with Gasteiger partial charge >= 0.3 is 0 Å². The fraction of sp³-hybridized carbons (Fsp3) is 0. The first-order valence-corrected chi connectivity index (χ1v) is 20.1. The highest BCUT2D eigenvalue weighted by Crippen LogP contribution is 2.39. The zero-order chi connectivity index (χ0) is 54.5. The predicted octanol–water partition coefficient (Wildman–Crippen LogP) is 14.2. The number of fused-ring (bicyclic) bond motifs is 9. The smallest absolute Gasteiger partial charge is 0.164 e. The molecule has 9 aromatic carbocycles. The van der Waals surface area contributed by atoms with Crippen LogP contribution in [0.5, 0.6) is 0 Å². The van der Waals surface area contributed by atoms with Gasteiger partial charge in [-0.1, -0.05) is 133 Å². The molecule has 0 unspecified atom stereocenters. The van der Waals surface area contributed by atoms with Crippen molar-refractivity contribution >= 4 is 65.4 Å². The molecule has 0 radical (unpaired) electrons. The molecule has 0 amide bonds. The Balaban J connectivity index is 1.07. The molecular weight excluding hydrogens is 769 g/mol. The van der Waals surface area contributed by atoms with Crippen LogP contribution in [0.3, 0.4) is 0 Å². The molecule has 0 fully saturated rings. The average molecular weight is 820 g/mol. The maximum atomic E-state index is 10.0. The third-order valence-electron chi connectivity index (χ3n) is 11.4. The first-order valence-electron chi connectivity index (χ1n) is 27.6. The SMILES string of the molecule is [2H]c1c([2H])c([2H])c2c(c1[2H])c1c([2H])c(-n3c4c([2H])c([2H])c([2H])c([2H])c4c4c([2H])c([2H])c([2H])c([2H])c43)c([2H])c([2H])c1n2-c1cccc(-c2nc(-c3ccccc3)nc(-c3ccc4c(c3)c3ccccc3n4-c3ccccc3)n2)c1. The van der Waals surface area contributed by atoms with Crippen molar-refractivity contribution in [1.82, 2.24) is 28.7 Å². The average Bonchev–Trinajstić information content (AvgIpc) is 4.32. The van der Waals surface area contributed by atoms with E-state index in [1.165, 1.54) is 4.57 Å². The maximum Gasteiger partial charge on any atom is 0.164 e. The molecule has 0 spiro atoms. The zero-order valence-corrected chi connectivity index (χ0v) is 32.8. The summed E-state index contributed by atoms with van der Waals surface area (Å²) in [5.74, 6) is 0.941. The van der Waals surface area contributed by atoms with E-state index in [0.29, 0.717) is 28.3 Å². The molecule has 0 aliphatic heterocycles. The van der Waals surface area contributed by atoms with Gasteiger partial charge in [0.15, 0.2) is 17.5 Å². The Labute approximate surface area is 383 Å². The number of benzene rings is 9. The van der Waals surface area contributed by atoms with Crippen LogP contribution in [-0.4, -0.2) is 28.7 Å². The summed E-state index contributed by atoms with van der Waals surface area (Å²) in [6.45, 7) is 0. The molecule has 4 heterocycles. The summed E-state index contributed by atoms with van der Waals surface area (Å²) in [7, 11) is 0. The van der Waals surface area contributed by atoms with Crippen molar-refractivity contribution < 1.29 is 20.6 Å². The van der Waals surface area contributed by atoms with Crippen LogP contribution < -0.4 is 0 Å². The first-order chi connectivity index (χ1) is 37.5. The lowest BCUT2D eigenvalue weighted by atomic mass is 10.1. The molecule has 0 N–H and O–H groups in total. The van der Waals surface area contributed by atoms with Crippen molar-refractivity contribution in [3.63, 3.8) is 0 Å². The van der Waals surface area contributed by atoms with Gasteiger partial charge in [-0.15, -0.1) is 0 Å². The fourth-order valence-electron chi connectivity index (χ4n) is 8.62. The molecule has 6 heteroatoms. The van der Waals surface area contributed by atoms with Gasteiger partial charge < -0.3 is 13.7 Å². The third-order valence-corrected chi connectivity index (χ3v) is 11.4. The monoisotopic (exact) mass is 819 g/mol. The van der Waals surface area contributed by atoms with Crippen molar-refractivity contribution in [3.05, 3.63) is 218 Å². The van der Waals surface area contributed by atoms with Crippen molar-refractivity contribution in [2.75, 3.05) is 0 Å². The Morgan fingerprint density at radius 1 is 0.302 bits per heavy atom. The van der Waals surface area contributed by atoms with E-state index in [1.807, 2.05) is 72.8 Å². The van der Waals surface area contributed by atoms with Gasteiger partial charge in [-0.05, 0) is 84.8 Å². The second kappa shape index (κ2) is 14.0. The molecule has 0 atom stereocenters. The van der Waals surface area contributed by atoms with E-state index < -0.39 is 96.3 Å². The van der Waals surface area contributed by atoms with Crippen LogP contribution in [0.1, 0.15) is 20.6 Å². The van der Waals surface area contributed by atoms with E-state index in [-0.39, 0.29) is 55.1 Å². The molecule has 0 saturated heterocycles. The van der Waals surface area contributed by atoms with Crippen LogP contribution in [0, 0.1) is 0 Å². The van der Waals surface area contributed by atoms with Gasteiger partial charge in [0.05, 0.1) is 53.7 Å². The fourth-order valence-corrected chi connectivity index (χ4v) is 8.62. The lowest BCUT2D eigenvalue weighted by molar-refractivity contribution is 1.07. The van der Waals surface area contributed by atoms with Crippen LogP contribution >= 0.6 is 0 Å². The molecule has 0 bridgehead atoms. The van der Waals surface area contributed by atoms with Crippen LogP contribution in [0.2, 0.25) is 0 Å².